The number of rotatable bonds is 6. The molecule has 2 rings (SSSR count). The molecule has 1 N–H and O–H groups in total. The molecule has 0 atom stereocenters. The summed E-state index contributed by atoms with van der Waals surface area (Å²) in [4.78, 5) is 0. The number of ether oxygens (including phenoxy) is 2. The fourth-order valence-electron chi connectivity index (χ4n) is 1.64. The van der Waals surface area contributed by atoms with Crippen LogP contribution in [0.25, 0.3) is 0 Å². The maximum atomic E-state index is 5.68. The smallest absolute Gasteiger partial charge is 0.118 e. The normalized spacial score (nSPS) is 16.5. The molecule has 0 unspecified atom stereocenters. The molecule has 1 aromatic rings. The summed E-state index contributed by atoms with van der Waals surface area (Å²) in [7, 11) is 0. The zero-order chi connectivity index (χ0) is 12.3. The van der Waals surface area contributed by atoms with E-state index in [-0.39, 0.29) is 6.10 Å². The molecule has 0 amide bonds. The highest BCUT2D eigenvalue weighted by atomic mass is 16.6. The zero-order valence-corrected chi connectivity index (χ0v) is 10.8. The van der Waals surface area contributed by atoms with Crippen LogP contribution in [0, 0.1) is 6.92 Å². The van der Waals surface area contributed by atoms with Crippen LogP contribution >= 0.6 is 0 Å². The first kappa shape index (κ1) is 12.6. The average Bonchev–Trinajstić information content (AvgIpc) is 2.54. The Morgan fingerprint density at radius 3 is 2.82 bits per heavy atom. The van der Waals surface area contributed by atoms with Gasteiger partial charge < -0.3 is 19.2 Å². The first-order chi connectivity index (χ1) is 8.15. The molecule has 0 aliphatic carbocycles. The lowest BCUT2D eigenvalue weighted by Crippen LogP contribution is -2.35. The van der Waals surface area contributed by atoms with Gasteiger partial charge in [-0.15, -0.1) is 0 Å². The molecule has 0 radical (unpaired) electrons. The van der Waals surface area contributed by atoms with Gasteiger partial charge in [0.15, 0.2) is 0 Å². The third-order valence-corrected chi connectivity index (χ3v) is 2.84. The van der Waals surface area contributed by atoms with E-state index in [1.807, 2.05) is 6.92 Å². The molecule has 1 aliphatic heterocycles. The Morgan fingerprint density at radius 1 is 1.47 bits per heavy atom. The molecule has 0 aromatic carbocycles. The van der Waals surface area contributed by atoms with Crippen molar-refractivity contribution < 1.29 is 13.9 Å². The van der Waals surface area contributed by atoms with Crippen LogP contribution in [0.5, 0.6) is 0 Å². The predicted octanol–water partition coefficient (Wildman–Crippen LogP) is 2.00. The number of hydrogen-bond donors (Lipinski definition) is 1. The quantitative estimate of drug-likeness (QED) is 0.824. The van der Waals surface area contributed by atoms with Crippen molar-refractivity contribution in [2.45, 2.75) is 46.1 Å². The second-order valence-electron chi connectivity index (χ2n) is 4.80. The predicted molar refractivity (Wildman–Crippen MR) is 64.8 cm³/mol. The summed E-state index contributed by atoms with van der Waals surface area (Å²) >= 11 is 0. The van der Waals surface area contributed by atoms with Crippen molar-refractivity contribution in [2.75, 3.05) is 13.2 Å². The van der Waals surface area contributed by atoms with Crippen molar-refractivity contribution in [3.8, 4) is 0 Å². The van der Waals surface area contributed by atoms with Crippen LogP contribution in [0.2, 0.25) is 0 Å². The van der Waals surface area contributed by atoms with E-state index < -0.39 is 0 Å². The summed E-state index contributed by atoms with van der Waals surface area (Å²) in [6.45, 7) is 9.05. The Bertz CT molecular complexity index is 356. The fourth-order valence-corrected chi connectivity index (χ4v) is 1.64. The van der Waals surface area contributed by atoms with Gasteiger partial charge >= 0.3 is 0 Å². The molecule has 1 saturated heterocycles. The maximum absolute atomic E-state index is 5.68. The van der Waals surface area contributed by atoms with E-state index in [0.29, 0.717) is 12.6 Å². The Balaban J connectivity index is 1.83. The van der Waals surface area contributed by atoms with Crippen LogP contribution < -0.4 is 5.32 Å². The SMILES string of the molecule is Cc1oc(CNC(C)C)cc1COC1COC1. The Kier molecular flexibility index (Phi) is 4.20. The van der Waals surface area contributed by atoms with Crippen molar-refractivity contribution >= 4 is 0 Å². The Hall–Kier alpha value is -0.840. The molecule has 96 valence electrons. The molecule has 0 spiro atoms. The first-order valence-electron chi connectivity index (χ1n) is 6.16. The molecular formula is C13H21NO3. The van der Waals surface area contributed by atoms with Crippen LogP contribution in [0.15, 0.2) is 10.5 Å². The number of nitrogens with one attached hydrogen (secondary N) is 1. The lowest BCUT2D eigenvalue weighted by Gasteiger charge is -2.25. The van der Waals surface area contributed by atoms with E-state index in [1.165, 1.54) is 0 Å². The second kappa shape index (κ2) is 5.67. The van der Waals surface area contributed by atoms with Crippen LogP contribution in [0.3, 0.4) is 0 Å². The molecule has 4 heteroatoms. The number of aryl methyl sites for hydroxylation is 1. The largest absolute Gasteiger partial charge is 0.465 e. The van der Waals surface area contributed by atoms with Gasteiger partial charge in [0, 0.05) is 11.6 Å². The highest BCUT2D eigenvalue weighted by Gasteiger charge is 2.19. The minimum Gasteiger partial charge on any atom is -0.465 e. The van der Waals surface area contributed by atoms with Gasteiger partial charge in [-0.25, -0.2) is 0 Å². The summed E-state index contributed by atoms with van der Waals surface area (Å²) in [6.07, 6.45) is 0.265. The average molecular weight is 239 g/mol. The molecule has 1 fully saturated rings. The van der Waals surface area contributed by atoms with Gasteiger partial charge in [-0.05, 0) is 13.0 Å². The van der Waals surface area contributed by atoms with Gasteiger partial charge in [0.25, 0.3) is 0 Å². The van der Waals surface area contributed by atoms with Crippen LogP contribution in [-0.2, 0) is 22.6 Å². The number of hydrogen-bond acceptors (Lipinski definition) is 4. The van der Waals surface area contributed by atoms with Crippen LogP contribution in [0.1, 0.15) is 30.9 Å². The standard InChI is InChI=1S/C13H21NO3/c1-9(2)14-5-12-4-11(10(3)17-12)6-16-13-7-15-8-13/h4,9,13-14H,5-8H2,1-3H3. The van der Waals surface area contributed by atoms with E-state index in [4.69, 9.17) is 13.9 Å². The summed E-state index contributed by atoms with van der Waals surface area (Å²) in [5, 5.41) is 3.33. The molecule has 1 aliphatic rings. The van der Waals surface area contributed by atoms with E-state index >= 15 is 0 Å². The summed E-state index contributed by atoms with van der Waals surface area (Å²) in [5.74, 6) is 1.92. The Labute approximate surface area is 102 Å². The van der Waals surface area contributed by atoms with Crippen molar-refractivity contribution in [1.82, 2.24) is 5.32 Å². The minimum atomic E-state index is 0.265. The van der Waals surface area contributed by atoms with Gasteiger partial charge in [0.1, 0.15) is 17.6 Å². The number of furan rings is 1. The summed E-state index contributed by atoms with van der Waals surface area (Å²) in [6, 6.07) is 2.54. The molecular weight excluding hydrogens is 218 g/mol. The summed E-state index contributed by atoms with van der Waals surface area (Å²) < 4.78 is 16.4. The van der Waals surface area contributed by atoms with Crippen LogP contribution in [0.4, 0.5) is 0 Å². The molecule has 2 heterocycles. The highest BCUT2D eigenvalue weighted by Crippen LogP contribution is 2.17. The monoisotopic (exact) mass is 239 g/mol. The van der Waals surface area contributed by atoms with Gasteiger partial charge in [0.05, 0.1) is 26.4 Å². The molecule has 4 nitrogen and oxygen atoms in total. The third kappa shape index (κ3) is 3.56. The lowest BCUT2D eigenvalue weighted by atomic mass is 10.2. The summed E-state index contributed by atoms with van der Waals surface area (Å²) in [5.41, 5.74) is 1.14. The van der Waals surface area contributed by atoms with Crippen molar-refractivity contribution in [1.29, 1.82) is 0 Å². The molecule has 17 heavy (non-hydrogen) atoms. The minimum absolute atomic E-state index is 0.265. The molecule has 0 saturated carbocycles. The first-order valence-corrected chi connectivity index (χ1v) is 6.16. The van der Waals surface area contributed by atoms with Crippen LogP contribution in [-0.4, -0.2) is 25.4 Å². The zero-order valence-electron chi connectivity index (χ0n) is 10.8. The molecule has 1 aromatic heterocycles. The van der Waals surface area contributed by atoms with E-state index in [0.717, 1.165) is 36.8 Å². The van der Waals surface area contributed by atoms with Crippen molar-refractivity contribution in [2.24, 2.45) is 0 Å². The van der Waals surface area contributed by atoms with Crippen molar-refractivity contribution in [3.05, 3.63) is 23.2 Å². The fraction of sp³-hybridized carbons (Fsp3) is 0.692. The molecule has 0 bridgehead atoms. The van der Waals surface area contributed by atoms with E-state index in [9.17, 15) is 0 Å². The second-order valence-corrected chi connectivity index (χ2v) is 4.80. The van der Waals surface area contributed by atoms with Crippen molar-refractivity contribution in [3.63, 3.8) is 0 Å². The lowest BCUT2D eigenvalue weighted by molar-refractivity contribution is -0.135. The van der Waals surface area contributed by atoms with Gasteiger partial charge in [-0.2, -0.15) is 0 Å². The maximum Gasteiger partial charge on any atom is 0.118 e. The van der Waals surface area contributed by atoms with E-state index in [1.54, 1.807) is 0 Å². The Morgan fingerprint density at radius 2 is 2.24 bits per heavy atom. The highest BCUT2D eigenvalue weighted by molar-refractivity contribution is 5.20. The van der Waals surface area contributed by atoms with E-state index in [2.05, 4.69) is 25.2 Å². The van der Waals surface area contributed by atoms with Gasteiger partial charge in [0.2, 0.25) is 0 Å². The third-order valence-electron chi connectivity index (χ3n) is 2.84. The van der Waals surface area contributed by atoms with Gasteiger partial charge in [-0.3, -0.25) is 0 Å². The topological polar surface area (TPSA) is 43.6 Å². The van der Waals surface area contributed by atoms with Gasteiger partial charge in [-0.1, -0.05) is 13.8 Å².